The molecule has 0 aliphatic rings. The van der Waals surface area contributed by atoms with Crippen LogP contribution in [0.25, 0.3) is 0 Å². The van der Waals surface area contributed by atoms with Crippen molar-refractivity contribution in [2.24, 2.45) is 0 Å². The molecule has 0 aliphatic heterocycles. The quantitative estimate of drug-likeness (QED) is 0.0272. The van der Waals surface area contributed by atoms with Crippen molar-refractivity contribution >= 4 is 13.7 Å². The molecule has 3 unspecified atom stereocenters. The summed E-state index contributed by atoms with van der Waals surface area (Å²) in [5.74, 6) is -0.172. The summed E-state index contributed by atoms with van der Waals surface area (Å²) in [5, 5.41) is 14.0. The Morgan fingerprint density at radius 1 is 0.562 bits per heavy atom. The minimum Gasteiger partial charge on any atom is -0.756 e. The number of hydrogen-bond acceptors (Lipinski definition) is 6. The standard InChI is InChI=1S/C55H105N2O6P/c1-6-8-10-12-14-16-18-20-22-24-26-28-30-32-34-36-38-40-42-44-46-48-54(58)53(52-63-64(60,61)62-51-50-57(3,4)5)56-55(59)49-47-45-43-41-39-37-35-33-31-29-27-25-23-21-19-17-15-13-11-9-7-2/h9,11,15,17,21,23,27,29,53-54,58H,6-8,10,12-14,16,18-20,22,24-26,28,30-52H2,1-5H3,(H-,56,59,60,61)/b11-9-,17-15-,23-21-,29-27-. The van der Waals surface area contributed by atoms with Gasteiger partial charge in [-0.05, 0) is 51.4 Å². The number of nitrogens with one attached hydrogen (secondary N) is 1. The van der Waals surface area contributed by atoms with Gasteiger partial charge in [0.2, 0.25) is 5.91 Å². The second-order valence-corrected chi connectivity index (χ2v) is 21.0. The normalized spacial score (nSPS) is 14.4. The van der Waals surface area contributed by atoms with Crippen LogP contribution in [0.2, 0.25) is 0 Å². The van der Waals surface area contributed by atoms with E-state index >= 15 is 0 Å². The maximum atomic E-state index is 13.0. The first-order valence-corrected chi connectivity index (χ1v) is 28.4. The monoisotopic (exact) mass is 921 g/mol. The Labute approximate surface area is 397 Å². The molecule has 0 aliphatic carbocycles. The number of carbonyl (C=O) groups excluding carboxylic acids is 1. The molecular weight excluding hydrogens is 816 g/mol. The van der Waals surface area contributed by atoms with Crippen molar-refractivity contribution < 1.29 is 32.9 Å². The number of likely N-dealkylation sites (N-methyl/N-ethyl adjacent to an activating group) is 1. The van der Waals surface area contributed by atoms with Crippen molar-refractivity contribution in [1.29, 1.82) is 0 Å². The smallest absolute Gasteiger partial charge is 0.268 e. The number of phosphoric ester groups is 1. The summed E-state index contributed by atoms with van der Waals surface area (Å²) in [6, 6.07) is -0.807. The highest BCUT2D eigenvalue weighted by Crippen LogP contribution is 2.38. The molecule has 2 N–H and O–H groups in total. The van der Waals surface area contributed by atoms with Crippen LogP contribution in [-0.4, -0.2) is 68.5 Å². The Hall–Kier alpha value is -1.54. The van der Waals surface area contributed by atoms with Crippen LogP contribution in [0.4, 0.5) is 0 Å². The fourth-order valence-electron chi connectivity index (χ4n) is 7.86. The molecule has 376 valence electrons. The van der Waals surface area contributed by atoms with E-state index in [1.165, 1.54) is 148 Å². The molecule has 1 amide bonds. The zero-order valence-electron chi connectivity index (χ0n) is 42.7. The second kappa shape index (κ2) is 46.6. The van der Waals surface area contributed by atoms with Crippen LogP contribution in [0.1, 0.15) is 245 Å². The summed E-state index contributed by atoms with van der Waals surface area (Å²) in [5.41, 5.74) is 0. The molecule has 9 heteroatoms. The molecule has 0 heterocycles. The molecule has 0 fully saturated rings. The second-order valence-electron chi connectivity index (χ2n) is 19.6. The lowest BCUT2D eigenvalue weighted by atomic mass is 10.0. The lowest BCUT2D eigenvalue weighted by Crippen LogP contribution is -2.46. The van der Waals surface area contributed by atoms with E-state index in [2.05, 4.69) is 67.8 Å². The molecule has 0 saturated carbocycles. The maximum absolute atomic E-state index is 13.0. The third-order valence-corrected chi connectivity index (χ3v) is 13.0. The molecule has 0 aromatic carbocycles. The molecule has 0 spiro atoms. The summed E-state index contributed by atoms with van der Waals surface area (Å²) in [4.78, 5) is 25.5. The number of carbonyl (C=O) groups is 1. The molecule has 0 radical (unpaired) electrons. The average molecular weight is 921 g/mol. The van der Waals surface area contributed by atoms with Gasteiger partial charge in [-0.25, -0.2) is 0 Å². The Balaban J connectivity index is 4.24. The third kappa shape index (κ3) is 48.4. The van der Waals surface area contributed by atoms with E-state index in [9.17, 15) is 19.4 Å². The van der Waals surface area contributed by atoms with Gasteiger partial charge in [0, 0.05) is 6.42 Å². The lowest BCUT2D eigenvalue weighted by Gasteiger charge is -2.30. The van der Waals surface area contributed by atoms with Crippen molar-refractivity contribution in [3.05, 3.63) is 48.6 Å². The molecule has 3 atom stereocenters. The van der Waals surface area contributed by atoms with E-state index in [1.54, 1.807) is 0 Å². The fraction of sp³-hybridized carbons (Fsp3) is 0.836. The van der Waals surface area contributed by atoms with Gasteiger partial charge in [-0.1, -0.05) is 236 Å². The number of amides is 1. The largest absolute Gasteiger partial charge is 0.756 e. The lowest BCUT2D eigenvalue weighted by molar-refractivity contribution is -0.870. The summed E-state index contributed by atoms with van der Waals surface area (Å²) in [7, 11) is 1.30. The van der Waals surface area contributed by atoms with Gasteiger partial charge in [0.1, 0.15) is 13.2 Å². The van der Waals surface area contributed by atoms with Gasteiger partial charge in [-0.2, -0.15) is 0 Å². The number of hydrogen-bond donors (Lipinski definition) is 2. The number of phosphoric acid groups is 1. The molecule has 0 saturated heterocycles. The van der Waals surface area contributed by atoms with Gasteiger partial charge in [0.25, 0.3) is 7.82 Å². The number of unbranched alkanes of at least 4 members (excludes halogenated alkanes) is 28. The topological polar surface area (TPSA) is 108 Å². The summed E-state index contributed by atoms with van der Waals surface area (Å²) < 4.78 is 23.4. The van der Waals surface area contributed by atoms with Gasteiger partial charge in [-0.3, -0.25) is 9.36 Å². The van der Waals surface area contributed by atoms with Crippen molar-refractivity contribution in [2.45, 2.75) is 257 Å². The average Bonchev–Trinajstić information content (AvgIpc) is 3.25. The van der Waals surface area contributed by atoms with Crippen LogP contribution in [0.15, 0.2) is 48.6 Å². The minimum atomic E-state index is -4.58. The Morgan fingerprint density at radius 2 is 0.953 bits per heavy atom. The van der Waals surface area contributed by atoms with Crippen LogP contribution < -0.4 is 10.2 Å². The summed E-state index contributed by atoms with van der Waals surface area (Å²) in [6.45, 7) is 4.62. The molecule has 0 bridgehead atoms. The minimum absolute atomic E-state index is 0.00925. The van der Waals surface area contributed by atoms with E-state index in [4.69, 9.17) is 9.05 Å². The Morgan fingerprint density at radius 3 is 1.39 bits per heavy atom. The Kier molecular flexibility index (Phi) is 45.4. The Bertz CT molecular complexity index is 1180. The first-order valence-electron chi connectivity index (χ1n) is 27.0. The van der Waals surface area contributed by atoms with Crippen LogP contribution in [-0.2, 0) is 18.4 Å². The van der Waals surface area contributed by atoms with E-state index in [1.807, 2.05) is 21.1 Å². The first kappa shape index (κ1) is 62.5. The maximum Gasteiger partial charge on any atom is 0.268 e. The zero-order valence-corrected chi connectivity index (χ0v) is 43.6. The molecule has 0 aromatic rings. The van der Waals surface area contributed by atoms with Crippen molar-refractivity contribution in [1.82, 2.24) is 5.32 Å². The van der Waals surface area contributed by atoms with E-state index in [0.29, 0.717) is 23.9 Å². The molecule has 64 heavy (non-hydrogen) atoms. The van der Waals surface area contributed by atoms with Crippen LogP contribution in [0, 0.1) is 0 Å². The number of quaternary nitrogens is 1. The van der Waals surface area contributed by atoms with Gasteiger partial charge in [0.15, 0.2) is 0 Å². The highest BCUT2D eigenvalue weighted by Gasteiger charge is 2.24. The highest BCUT2D eigenvalue weighted by molar-refractivity contribution is 7.45. The summed E-state index contributed by atoms with van der Waals surface area (Å²) >= 11 is 0. The SMILES string of the molecule is CC/C=C\C/C=C\C/C=C\C/C=C\CCCCCCCCCCC(=O)NC(COP(=O)([O-])OCC[N+](C)(C)C)C(O)CCCCCCCCCCCCCCCCCCCCCCC. The van der Waals surface area contributed by atoms with Gasteiger partial charge in [0.05, 0.1) is 39.9 Å². The molecule has 0 aromatic heterocycles. The van der Waals surface area contributed by atoms with Crippen LogP contribution in [0.3, 0.4) is 0 Å². The van der Waals surface area contributed by atoms with Crippen LogP contribution in [0.5, 0.6) is 0 Å². The number of rotatable bonds is 49. The predicted octanol–water partition coefficient (Wildman–Crippen LogP) is 15.3. The molecule has 8 nitrogen and oxygen atoms in total. The zero-order chi connectivity index (χ0) is 47.1. The number of aliphatic hydroxyl groups excluding tert-OH is 1. The number of aliphatic hydroxyl groups is 1. The van der Waals surface area contributed by atoms with Crippen molar-refractivity contribution in [3.63, 3.8) is 0 Å². The van der Waals surface area contributed by atoms with E-state index < -0.39 is 20.0 Å². The van der Waals surface area contributed by atoms with Crippen molar-refractivity contribution in [2.75, 3.05) is 40.9 Å². The molecular formula is C55H105N2O6P. The van der Waals surface area contributed by atoms with Gasteiger partial charge < -0.3 is 28.8 Å². The van der Waals surface area contributed by atoms with E-state index in [0.717, 1.165) is 70.6 Å². The molecule has 0 rings (SSSR count). The summed E-state index contributed by atoms with van der Waals surface area (Å²) in [6.07, 6.45) is 59.8. The van der Waals surface area contributed by atoms with E-state index in [-0.39, 0.29) is 19.1 Å². The van der Waals surface area contributed by atoms with Gasteiger partial charge in [-0.15, -0.1) is 0 Å². The van der Waals surface area contributed by atoms with Gasteiger partial charge >= 0.3 is 0 Å². The third-order valence-electron chi connectivity index (χ3n) is 12.1. The first-order chi connectivity index (χ1) is 31.0. The predicted molar refractivity (Wildman–Crippen MR) is 274 cm³/mol. The van der Waals surface area contributed by atoms with Crippen LogP contribution >= 0.6 is 7.82 Å². The highest BCUT2D eigenvalue weighted by atomic mass is 31.2. The number of allylic oxidation sites excluding steroid dienone is 8. The van der Waals surface area contributed by atoms with Crippen molar-refractivity contribution in [3.8, 4) is 0 Å². The number of nitrogens with zero attached hydrogens (tertiary/aromatic N) is 1. The fourth-order valence-corrected chi connectivity index (χ4v) is 8.58.